The van der Waals surface area contributed by atoms with Gasteiger partial charge in [0, 0.05) is 5.75 Å². The normalized spacial score (nSPS) is 19.2. The van der Waals surface area contributed by atoms with Crippen LogP contribution in [-0.4, -0.2) is 23.4 Å². The molecule has 0 aromatic rings. The standard InChI is InChI=1S/C10H21NOS/c12-13-8-4-7-11-9-10-5-2-1-3-6-10/h10-12H,1-9H2. The lowest BCUT2D eigenvalue weighted by Crippen LogP contribution is -2.25. The lowest BCUT2D eigenvalue weighted by Gasteiger charge is -2.21. The van der Waals surface area contributed by atoms with Crippen LogP contribution in [-0.2, 0) is 0 Å². The molecule has 0 aromatic heterocycles. The monoisotopic (exact) mass is 203 g/mol. The van der Waals surface area contributed by atoms with Crippen LogP contribution < -0.4 is 5.32 Å². The Balaban J connectivity index is 1.86. The van der Waals surface area contributed by atoms with E-state index >= 15 is 0 Å². The first kappa shape index (κ1) is 11.3. The molecule has 3 heteroatoms. The maximum absolute atomic E-state index is 8.50. The molecule has 0 saturated heterocycles. The van der Waals surface area contributed by atoms with Gasteiger partial charge >= 0.3 is 0 Å². The highest BCUT2D eigenvalue weighted by atomic mass is 32.2. The van der Waals surface area contributed by atoms with Crippen LogP contribution in [0.2, 0.25) is 0 Å². The minimum absolute atomic E-state index is 0.859. The van der Waals surface area contributed by atoms with Gasteiger partial charge in [-0.15, -0.1) is 0 Å². The first-order valence-electron chi connectivity index (χ1n) is 5.40. The molecule has 0 aliphatic heterocycles. The predicted octanol–water partition coefficient (Wildman–Crippen LogP) is 2.75. The third kappa shape index (κ3) is 5.55. The zero-order valence-electron chi connectivity index (χ0n) is 8.30. The van der Waals surface area contributed by atoms with Crippen molar-refractivity contribution in [3.63, 3.8) is 0 Å². The van der Waals surface area contributed by atoms with E-state index in [0.29, 0.717) is 0 Å². The molecule has 2 N–H and O–H groups in total. The van der Waals surface area contributed by atoms with Crippen LogP contribution in [0.1, 0.15) is 38.5 Å². The van der Waals surface area contributed by atoms with Crippen LogP contribution >= 0.6 is 12.0 Å². The molecule has 0 unspecified atom stereocenters. The summed E-state index contributed by atoms with van der Waals surface area (Å²) in [7, 11) is 0. The fourth-order valence-electron chi connectivity index (χ4n) is 1.96. The molecule has 1 saturated carbocycles. The van der Waals surface area contributed by atoms with Crippen LogP contribution in [0.25, 0.3) is 0 Å². The molecule has 2 nitrogen and oxygen atoms in total. The van der Waals surface area contributed by atoms with Gasteiger partial charge in [-0.05, 0) is 50.3 Å². The third-order valence-corrected chi connectivity index (χ3v) is 3.22. The Morgan fingerprint density at radius 2 is 2.00 bits per heavy atom. The highest BCUT2D eigenvalue weighted by Crippen LogP contribution is 2.22. The molecule has 0 radical (unpaired) electrons. The summed E-state index contributed by atoms with van der Waals surface area (Å²) in [5.74, 6) is 1.79. The van der Waals surface area contributed by atoms with Gasteiger partial charge < -0.3 is 9.87 Å². The second-order valence-corrected chi connectivity index (χ2v) is 4.56. The molecular weight excluding hydrogens is 182 g/mol. The topological polar surface area (TPSA) is 32.3 Å². The molecule has 0 aromatic carbocycles. The molecular formula is C10H21NOS. The van der Waals surface area contributed by atoms with Crippen LogP contribution in [0.4, 0.5) is 0 Å². The van der Waals surface area contributed by atoms with Gasteiger partial charge in [-0.25, -0.2) is 0 Å². The largest absolute Gasteiger partial charge is 0.330 e. The molecule has 1 fully saturated rings. The van der Waals surface area contributed by atoms with E-state index in [1.807, 2.05) is 0 Å². The van der Waals surface area contributed by atoms with Gasteiger partial charge in [0.1, 0.15) is 0 Å². The van der Waals surface area contributed by atoms with Crippen molar-refractivity contribution in [2.45, 2.75) is 38.5 Å². The van der Waals surface area contributed by atoms with Crippen molar-refractivity contribution in [3.05, 3.63) is 0 Å². The van der Waals surface area contributed by atoms with Gasteiger partial charge in [-0.1, -0.05) is 19.3 Å². The Labute approximate surface area is 85.7 Å². The molecule has 13 heavy (non-hydrogen) atoms. The fourth-order valence-corrected chi connectivity index (χ4v) is 2.23. The van der Waals surface area contributed by atoms with Crippen molar-refractivity contribution in [3.8, 4) is 0 Å². The molecule has 1 rings (SSSR count). The summed E-state index contributed by atoms with van der Waals surface area (Å²) in [4.78, 5) is 0. The summed E-state index contributed by atoms with van der Waals surface area (Å²) in [6, 6.07) is 0. The molecule has 78 valence electrons. The first-order valence-corrected chi connectivity index (χ1v) is 6.35. The van der Waals surface area contributed by atoms with Crippen LogP contribution in [0, 0.1) is 5.92 Å². The van der Waals surface area contributed by atoms with E-state index in [1.54, 1.807) is 0 Å². The second kappa shape index (κ2) is 7.65. The average Bonchev–Trinajstić information content (AvgIpc) is 2.19. The lowest BCUT2D eigenvalue weighted by molar-refractivity contribution is 0.343. The summed E-state index contributed by atoms with van der Waals surface area (Å²) in [6.07, 6.45) is 8.21. The van der Waals surface area contributed by atoms with E-state index < -0.39 is 0 Å². The Morgan fingerprint density at radius 3 is 2.69 bits per heavy atom. The van der Waals surface area contributed by atoms with Crippen LogP contribution in [0.15, 0.2) is 0 Å². The SMILES string of the molecule is OSCCCNCC1CCCCC1. The minimum atomic E-state index is 0.859. The summed E-state index contributed by atoms with van der Waals surface area (Å²) >= 11 is 0.948. The van der Waals surface area contributed by atoms with Crippen molar-refractivity contribution in [1.29, 1.82) is 0 Å². The number of rotatable bonds is 6. The van der Waals surface area contributed by atoms with Crippen molar-refractivity contribution < 1.29 is 4.55 Å². The molecule has 1 aliphatic rings. The molecule has 0 amide bonds. The van der Waals surface area contributed by atoms with Crippen molar-refractivity contribution >= 4 is 12.0 Å². The predicted molar refractivity (Wildman–Crippen MR) is 59.1 cm³/mol. The maximum Gasteiger partial charge on any atom is 0.0207 e. The second-order valence-electron chi connectivity index (χ2n) is 3.89. The van der Waals surface area contributed by atoms with Crippen LogP contribution in [0.3, 0.4) is 0 Å². The Morgan fingerprint density at radius 1 is 1.23 bits per heavy atom. The molecule has 0 atom stereocenters. The smallest absolute Gasteiger partial charge is 0.0207 e. The van der Waals surface area contributed by atoms with Gasteiger partial charge in [-0.2, -0.15) is 0 Å². The zero-order chi connectivity index (χ0) is 9.36. The van der Waals surface area contributed by atoms with E-state index in [2.05, 4.69) is 5.32 Å². The van der Waals surface area contributed by atoms with Gasteiger partial charge in [0.2, 0.25) is 0 Å². The Bertz CT molecular complexity index is 115. The molecule has 0 spiro atoms. The van der Waals surface area contributed by atoms with Crippen LogP contribution in [0.5, 0.6) is 0 Å². The van der Waals surface area contributed by atoms with Gasteiger partial charge in [0.05, 0.1) is 0 Å². The van der Waals surface area contributed by atoms with Crippen molar-refractivity contribution in [1.82, 2.24) is 5.32 Å². The number of nitrogens with one attached hydrogen (secondary N) is 1. The highest BCUT2D eigenvalue weighted by Gasteiger charge is 2.11. The zero-order valence-corrected chi connectivity index (χ0v) is 9.11. The van der Waals surface area contributed by atoms with E-state index in [4.69, 9.17) is 4.55 Å². The van der Waals surface area contributed by atoms with E-state index in [-0.39, 0.29) is 0 Å². The van der Waals surface area contributed by atoms with Crippen molar-refractivity contribution in [2.75, 3.05) is 18.8 Å². The van der Waals surface area contributed by atoms with Gasteiger partial charge in [-0.3, -0.25) is 0 Å². The average molecular weight is 203 g/mol. The summed E-state index contributed by atoms with van der Waals surface area (Å²) in [5, 5.41) is 3.47. The Hall–Kier alpha value is 0.270. The summed E-state index contributed by atoms with van der Waals surface area (Å²) in [6.45, 7) is 2.25. The fraction of sp³-hybridized carbons (Fsp3) is 1.00. The summed E-state index contributed by atoms with van der Waals surface area (Å²) < 4.78 is 8.50. The maximum atomic E-state index is 8.50. The Kier molecular flexibility index (Phi) is 6.68. The quantitative estimate of drug-likeness (QED) is 0.514. The third-order valence-electron chi connectivity index (χ3n) is 2.75. The van der Waals surface area contributed by atoms with Gasteiger partial charge in [0.15, 0.2) is 0 Å². The highest BCUT2D eigenvalue weighted by molar-refractivity contribution is 7.93. The first-order chi connectivity index (χ1) is 6.43. The van der Waals surface area contributed by atoms with Crippen molar-refractivity contribution in [2.24, 2.45) is 5.92 Å². The minimum Gasteiger partial charge on any atom is -0.330 e. The molecule has 1 aliphatic carbocycles. The summed E-state index contributed by atoms with van der Waals surface area (Å²) in [5.41, 5.74) is 0. The lowest BCUT2D eigenvalue weighted by atomic mass is 9.89. The van der Waals surface area contributed by atoms with E-state index in [0.717, 1.165) is 36.7 Å². The van der Waals surface area contributed by atoms with E-state index in [9.17, 15) is 0 Å². The molecule has 0 heterocycles. The van der Waals surface area contributed by atoms with E-state index in [1.165, 1.54) is 38.6 Å². The number of hydrogen-bond donors (Lipinski definition) is 2. The van der Waals surface area contributed by atoms with Gasteiger partial charge in [0.25, 0.3) is 0 Å². The molecule has 0 bridgehead atoms. The number of hydrogen-bond acceptors (Lipinski definition) is 3.